The van der Waals surface area contributed by atoms with Gasteiger partial charge in [-0.15, -0.1) is 0 Å². The average molecular weight is 220 g/mol. The topological polar surface area (TPSA) is 52.6 Å². The van der Waals surface area contributed by atoms with Gasteiger partial charge in [0.15, 0.2) is 0 Å². The third-order valence-electron chi connectivity index (χ3n) is 2.34. The van der Waals surface area contributed by atoms with Crippen molar-refractivity contribution in [1.82, 2.24) is 0 Å². The zero-order chi connectivity index (χ0) is 11.5. The number of carbonyl (C=O) groups is 2. The van der Waals surface area contributed by atoms with Gasteiger partial charge >= 0.3 is 11.9 Å². The first-order valence-corrected chi connectivity index (χ1v) is 5.21. The number of benzene rings is 1. The number of ether oxygens (including phenoxy) is 2. The van der Waals surface area contributed by atoms with Crippen molar-refractivity contribution in [2.75, 3.05) is 0 Å². The Bertz CT molecular complexity index is 425. The van der Waals surface area contributed by atoms with Crippen LogP contribution >= 0.6 is 0 Å². The molecule has 0 bridgehead atoms. The van der Waals surface area contributed by atoms with Gasteiger partial charge in [-0.25, -0.2) is 4.79 Å². The summed E-state index contributed by atoms with van der Waals surface area (Å²) in [7, 11) is 0. The summed E-state index contributed by atoms with van der Waals surface area (Å²) in [5, 5.41) is 0. The second kappa shape index (κ2) is 4.35. The minimum atomic E-state index is -0.872. The highest BCUT2D eigenvalue weighted by molar-refractivity contribution is 5.94. The minimum absolute atomic E-state index is 0.330. The number of hydrogen-bond donors (Lipinski definition) is 0. The number of hydrogen-bond acceptors (Lipinski definition) is 4. The van der Waals surface area contributed by atoms with Crippen molar-refractivity contribution in [1.29, 1.82) is 0 Å². The van der Waals surface area contributed by atoms with Crippen molar-refractivity contribution in [2.24, 2.45) is 0 Å². The summed E-state index contributed by atoms with van der Waals surface area (Å²) in [4.78, 5) is 22.7. The van der Waals surface area contributed by atoms with E-state index in [0.29, 0.717) is 24.0 Å². The van der Waals surface area contributed by atoms with Crippen molar-refractivity contribution in [3.63, 3.8) is 0 Å². The molecular formula is C12H12O4. The Morgan fingerprint density at radius 2 is 2.19 bits per heavy atom. The van der Waals surface area contributed by atoms with Crippen LogP contribution in [0.5, 0.6) is 0 Å². The summed E-state index contributed by atoms with van der Waals surface area (Å²) < 4.78 is 10.0. The predicted molar refractivity (Wildman–Crippen MR) is 55.6 cm³/mol. The second-order valence-electron chi connectivity index (χ2n) is 3.56. The number of rotatable bonds is 3. The highest BCUT2D eigenvalue weighted by Gasteiger charge is 2.33. The maximum Gasteiger partial charge on any atom is 0.342 e. The monoisotopic (exact) mass is 220 g/mol. The number of fused-ring (bicyclic) bond motifs is 1. The summed E-state index contributed by atoms with van der Waals surface area (Å²) in [5.41, 5.74) is 1.09. The van der Waals surface area contributed by atoms with E-state index >= 15 is 0 Å². The molecule has 1 aromatic carbocycles. The number of cyclic esters (lactones) is 1. The van der Waals surface area contributed by atoms with Crippen LogP contribution in [0.4, 0.5) is 0 Å². The van der Waals surface area contributed by atoms with Gasteiger partial charge < -0.3 is 9.47 Å². The molecule has 1 aromatic rings. The molecule has 84 valence electrons. The molecule has 0 fully saturated rings. The van der Waals surface area contributed by atoms with E-state index in [0.717, 1.165) is 0 Å². The fourth-order valence-corrected chi connectivity index (χ4v) is 1.58. The van der Waals surface area contributed by atoms with Gasteiger partial charge in [-0.2, -0.15) is 0 Å². The highest BCUT2D eigenvalue weighted by Crippen LogP contribution is 2.31. The van der Waals surface area contributed by atoms with Crippen LogP contribution in [0, 0.1) is 0 Å². The molecule has 1 heterocycles. The van der Waals surface area contributed by atoms with Crippen LogP contribution in [0.15, 0.2) is 24.3 Å². The molecule has 1 aliphatic rings. The zero-order valence-corrected chi connectivity index (χ0v) is 8.93. The van der Waals surface area contributed by atoms with E-state index in [2.05, 4.69) is 0 Å². The predicted octanol–water partition coefficient (Wildman–Crippen LogP) is 2.20. The first-order valence-electron chi connectivity index (χ1n) is 5.21. The molecule has 0 spiro atoms. The van der Waals surface area contributed by atoms with Gasteiger partial charge in [0.2, 0.25) is 0 Å². The molecule has 0 N–H and O–H groups in total. The van der Waals surface area contributed by atoms with Gasteiger partial charge in [0.05, 0.1) is 5.56 Å². The van der Waals surface area contributed by atoms with E-state index in [1.165, 1.54) is 0 Å². The van der Waals surface area contributed by atoms with Crippen LogP contribution in [0.2, 0.25) is 0 Å². The Labute approximate surface area is 93.2 Å². The Morgan fingerprint density at radius 3 is 2.94 bits per heavy atom. The second-order valence-corrected chi connectivity index (χ2v) is 3.56. The van der Waals surface area contributed by atoms with Gasteiger partial charge in [-0.3, -0.25) is 4.79 Å². The lowest BCUT2D eigenvalue weighted by molar-refractivity contribution is -0.167. The Hall–Kier alpha value is -1.84. The van der Waals surface area contributed by atoms with Gasteiger partial charge in [0.25, 0.3) is 6.29 Å². The maximum absolute atomic E-state index is 11.4. The molecule has 0 saturated heterocycles. The maximum atomic E-state index is 11.4. The quantitative estimate of drug-likeness (QED) is 0.733. The third kappa shape index (κ3) is 1.91. The van der Waals surface area contributed by atoms with Crippen molar-refractivity contribution in [3.05, 3.63) is 35.4 Å². The molecule has 1 atom stereocenters. The lowest BCUT2D eigenvalue weighted by Crippen LogP contribution is -2.10. The Balaban J connectivity index is 2.15. The standard InChI is InChI=1S/C12H12O4/c1-2-5-10(13)15-12-9-7-4-3-6-8(9)11(14)16-12/h3-4,6-7,12H,2,5H2,1H3. The van der Waals surface area contributed by atoms with Crippen LogP contribution in [0.1, 0.15) is 42.0 Å². The SMILES string of the molecule is CCCC(=O)OC1OC(=O)c2ccccc21. The van der Waals surface area contributed by atoms with Crippen LogP contribution in [0.25, 0.3) is 0 Å². The zero-order valence-electron chi connectivity index (χ0n) is 8.93. The summed E-state index contributed by atoms with van der Waals surface area (Å²) in [6.07, 6.45) is 0.167. The van der Waals surface area contributed by atoms with E-state index in [4.69, 9.17) is 9.47 Å². The average Bonchev–Trinajstić information content (AvgIpc) is 2.57. The number of carbonyl (C=O) groups excluding carboxylic acids is 2. The molecule has 1 unspecified atom stereocenters. The van der Waals surface area contributed by atoms with E-state index in [9.17, 15) is 9.59 Å². The molecule has 0 aliphatic carbocycles. The van der Waals surface area contributed by atoms with Crippen molar-refractivity contribution in [3.8, 4) is 0 Å². The smallest absolute Gasteiger partial charge is 0.342 e. The van der Waals surface area contributed by atoms with Crippen LogP contribution in [-0.4, -0.2) is 11.9 Å². The highest BCUT2D eigenvalue weighted by atomic mass is 16.7. The van der Waals surface area contributed by atoms with E-state index in [1.807, 2.05) is 6.92 Å². The van der Waals surface area contributed by atoms with Gasteiger partial charge in [-0.05, 0) is 12.5 Å². The lowest BCUT2D eigenvalue weighted by atomic mass is 10.1. The molecule has 4 nitrogen and oxygen atoms in total. The molecule has 2 rings (SSSR count). The summed E-state index contributed by atoms with van der Waals surface area (Å²) in [6.45, 7) is 1.88. The molecule has 4 heteroatoms. The Kier molecular flexibility index (Phi) is 2.90. The van der Waals surface area contributed by atoms with E-state index < -0.39 is 12.3 Å². The lowest BCUT2D eigenvalue weighted by Gasteiger charge is -2.11. The van der Waals surface area contributed by atoms with E-state index in [-0.39, 0.29) is 5.97 Å². The first kappa shape index (κ1) is 10.7. The van der Waals surface area contributed by atoms with Gasteiger partial charge in [-0.1, -0.05) is 25.1 Å². The van der Waals surface area contributed by atoms with Gasteiger partial charge in [0.1, 0.15) is 0 Å². The Morgan fingerprint density at radius 1 is 1.44 bits per heavy atom. The van der Waals surface area contributed by atoms with Crippen molar-refractivity contribution in [2.45, 2.75) is 26.1 Å². The largest absolute Gasteiger partial charge is 0.421 e. The molecule has 0 amide bonds. The molecule has 0 aromatic heterocycles. The van der Waals surface area contributed by atoms with E-state index in [1.54, 1.807) is 24.3 Å². The summed E-state index contributed by atoms with van der Waals surface area (Å²) in [6, 6.07) is 6.91. The van der Waals surface area contributed by atoms with Crippen LogP contribution in [0.3, 0.4) is 0 Å². The molecular weight excluding hydrogens is 208 g/mol. The fourth-order valence-electron chi connectivity index (χ4n) is 1.58. The van der Waals surface area contributed by atoms with Crippen LogP contribution < -0.4 is 0 Å². The minimum Gasteiger partial charge on any atom is -0.421 e. The molecule has 1 aliphatic heterocycles. The van der Waals surface area contributed by atoms with Gasteiger partial charge in [0, 0.05) is 12.0 Å². The summed E-state index contributed by atoms with van der Waals surface area (Å²) >= 11 is 0. The van der Waals surface area contributed by atoms with Crippen LogP contribution in [-0.2, 0) is 14.3 Å². The fraction of sp³-hybridized carbons (Fsp3) is 0.333. The number of esters is 2. The summed E-state index contributed by atoms with van der Waals surface area (Å²) in [5.74, 6) is -0.790. The molecule has 0 saturated carbocycles. The van der Waals surface area contributed by atoms with Crippen molar-refractivity contribution < 1.29 is 19.1 Å². The molecule has 0 radical (unpaired) electrons. The molecule has 16 heavy (non-hydrogen) atoms. The first-order chi connectivity index (χ1) is 7.72. The third-order valence-corrected chi connectivity index (χ3v) is 2.34. The van der Waals surface area contributed by atoms with Crippen molar-refractivity contribution >= 4 is 11.9 Å². The normalized spacial score (nSPS) is 17.8.